The van der Waals surface area contributed by atoms with Crippen molar-refractivity contribution in [2.75, 3.05) is 25.4 Å². The molecule has 0 spiro atoms. The number of carbonyl (C=O) groups is 1. The van der Waals surface area contributed by atoms with Crippen molar-refractivity contribution < 1.29 is 9.53 Å². The largest absolute Gasteiger partial charge is 0.384 e. The highest BCUT2D eigenvalue weighted by molar-refractivity contribution is 6.33. The molecule has 1 amide bonds. The first-order valence-electron chi connectivity index (χ1n) is 5.41. The number of aromatic nitrogens is 1. The number of morpholine rings is 1. The number of hydrogen-bond acceptors (Lipinski definition) is 4. The van der Waals surface area contributed by atoms with E-state index in [1.807, 2.05) is 6.92 Å². The van der Waals surface area contributed by atoms with Gasteiger partial charge in [-0.1, -0.05) is 11.6 Å². The van der Waals surface area contributed by atoms with Crippen LogP contribution < -0.4 is 5.73 Å². The Bertz CT molecular complexity index is 439. The second-order valence-corrected chi connectivity index (χ2v) is 4.41. The van der Waals surface area contributed by atoms with Crippen molar-refractivity contribution in [3.63, 3.8) is 0 Å². The molecule has 2 rings (SSSR count). The third-order valence-electron chi connectivity index (χ3n) is 2.60. The fourth-order valence-electron chi connectivity index (χ4n) is 1.76. The Balaban J connectivity index is 2.21. The van der Waals surface area contributed by atoms with Crippen LogP contribution >= 0.6 is 11.6 Å². The summed E-state index contributed by atoms with van der Waals surface area (Å²) in [5.74, 6) is 0.0940. The first kappa shape index (κ1) is 12.1. The normalized spacial score (nSPS) is 20.4. The van der Waals surface area contributed by atoms with E-state index in [4.69, 9.17) is 22.1 Å². The van der Waals surface area contributed by atoms with Crippen molar-refractivity contribution in [1.29, 1.82) is 0 Å². The van der Waals surface area contributed by atoms with Crippen LogP contribution in [0.25, 0.3) is 0 Å². The number of ether oxygens (including phenoxy) is 1. The summed E-state index contributed by atoms with van der Waals surface area (Å²) in [4.78, 5) is 17.9. The first-order valence-corrected chi connectivity index (χ1v) is 5.78. The van der Waals surface area contributed by atoms with Gasteiger partial charge < -0.3 is 15.4 Å². The van der Waals surface area contributed by atoms with Crippen LogP contribution in [0, 0.1) is 0 Å². The van der Waals surface area contributed by atoms with Crippen molar-refractivity contribution in [3.8, 4) is 0 Å². The molecule has 6 heteroatoms. The molecule has 1 fully saturated rings. The smallest absolute Gasteiger partial charge is 0.274 e. The van der Waals surface area contributed by atoms with Gasteiger partial charge in [-0.3, -0.25) is 4.79 Å². The predicted octanol–water partition coefficient (Wildman–Crippen LogP) is 1.18. The monoisotopic (exact) mass is 255 g/mol. The molecule has 0 aliphatic carbocycles. The molecule has 1 atom stereocenters. The third kappa shape index (κ3) is 2.68. The first-order chi connectivity index (χ1) is 8.08. The lowest BCUT2D eigenvalue weighted by Crippen LogP contribution is -2.44. The molecule has 1 aliphatic rings. The van der Waals surface area contributed by atoms with Crippen molar-refractivity contribution in [2.45, 2.75) is 13.0 Å². The second kappa shape index (κ2) is 4.89. The van der Waals surface area contributed by atoms with Gasteiger partial charge in [0.1, 0.15) is 11.5 Å². The van der Waals surface area contributed by atoms with Crippen LogP contribution in [0.5, 0.6) is 0 Å². The van der Waals surface area contributed by atoms with E-state index in [0.29, 0.717) is 30.5 Å². The van der Waals surface area contributed by atoms with Crippen LogP contribution in [0.4, 0.5) is 5.82 Å². The minimum atomic E-state index is -0.197. The molecule has 1 aromatic heterocycles. The van der Waals surface area contributed by atoms with Gasteiger partial charge in [-0.05, 0) is 19.1 Å². The summed E-state index contributed by atoms with van der Waals surface area (Å²) in [5.41, 5.74) is 5.77. The molecule has 0 radical (unpaired) electrons. The fraction of sp³-hybridized carbons (Fsp3) is 0.455. The van der Waals surface area contributed by atoms with E-state index >= 15 is 0 Å². The third-order valence-corrected chi connectivity index (χ3v) is 2.90. The summed E-state index contributed by atoms with van der Waals surface area (Å²) in [5, 5.41) is 0.323. The van der Waals surface area contributed by atoms with E-state index in [2.05, 4.69) is 4.98 Å². The van der Waals surface area contributed by atoms with Gasteiger partial charge in [-0.25, -0.2) is 4.98 Å². The Labute approximate surface area is 105 Å². The van der Waals surface area contributed by atoms with Gasteiger partial charge in [0.05, 0.1) is 17.7 Å². The van der Waals surface area contributed by atoms with Crippen LogP contribution in [0.2, 0.25) is 5.02 Å². The van der Waals surface area contributed by atoms with Gasteiger partial charge in [-0.15, -0.1) is 0 Å². The van der Waals surface area contributed by atoms with Gasteiger partial charge >= 0.3 is 0 Å². The molecule has 1 aromatic rings. The summed E-state index contributed by atoms with van der Waals surface area (Å²) < 4.78 is 5.38. The maximum Gasteiger partial charge on any atom is 0.274 e. The minimum absolute atomic E-state index is 0.0348. The van der Waals surface area contributed by atoms with Crippen LogP contribution in [-0.4, -0.2) is 41.6 Å². The van der Waals surface area contributed by atoms with E-state index in [-0.39, 0.29) is 17.7 Å². The number of amides is 1. The summed E-state index contributed by atoms with van der Waals surface area (Å²) >= 11 is 5.95. The number of anilines is 1. The second-order valence-electron chi connectivity index (χ2n) is 4.00. The zero-order chi connectivity index (χ0) is 12.4. The van der Waals surface area contributed by atoms with E-state index < -0.39 is 0 Å². The lowest BCUT2D eigenvalue weighted by atomic mass is 10.2. The molecule has 2 heterocycles. The Morgan fingerprint density at radius 2 is 2.41 bits per heavy atom. The Hall–Kier alpha value is -1.33. The number of nitrogen functional groups attached to an aromatic ring is 1. The maximum absolute atomic E-state index is 12.2. The van der Waals surface area contributed by atoms with Gasteiger partial charge in [0.2, 0.25) is 0 Å². The molecular weight excluding hydrogens is 242 g/mol. The lowest BCUT2D eigenvalue weighted by Gasteiger charge is -2.31. The molecule has 5 nitrogen and oxygen atoms in total. The Morgan fingerprint density at radius 3 is 3.12 bits per heavy atom. The Morgan fingerprint density at radius 1 is 1.65 bits per heavy atom. The molecular formula is C11H14ClN3O2. The van der Waals surface area contributed by atoms with Crippen molar-refractivity contribution in [2.24, 2.45) is 0 Å². The molecule has 2 N–H and O–H groups in total. The maximum atomic E-state index is 12.2. The fourth-order valence-corrected chi connectivity index (χ4v) is 1.95. The highest BCUT2D eigenvalue weighted by Gasteiger charge is 2.25. The quantitative estimate of drug-likeness (QED) is 0.818. The zero-order valence-corrected chi connectivity index (χ0v) is 10.3. The molecule has 0 bridgehead atoms. The number of halogens is 1. The molecule has 0 aromatic carbocycles. The number of carbonyl (C=O) groups excluding carboxylic acids is 1. The number of pyridine rings is 1. The summed E-state index contributed by atoms with van der Waals surface area (Å²) in [6, 6.07) is 3.15. The van der Waals surface area contributed by atoms with Gasteiger partial charge in [0.15, 0.2) is 0 Å². The van der Waals surface area contributed by atoms with Crippen LogP contribution in [0.1, 0.15) is 17.4 Å². The molecule has 1 aliphatic heterocycles. The number of rotatable bonds is 1. The van der Waals surface area contributed by atoms with Gasteiger partial charge in [-0.2, -0.15) is 0 Å². The van der Waals surface area contributed by atoms with Gasteiger partial charge in [0, 0.05) is 13.1 Å². The van der Waals surface area contributed by atoms with E-state index in [1.165, 1.54) is 0 Å². The topological polar surface area (TPSA) is 68.5 Å². The van der Waals surface area contributed by atoms with Crippen molar-refractivity contribution >= 4 is 23.3 Å². The van der Waals surface area contributed by atoms with Crippen LogP contribution in [0.3, 0.4) is 0 Å². The zero-order valence-electron chi connectivity index (χ0n) is 9.52. The number of nitrogens with zero attached hydrogens (tertiary/aromatic N) is 2. The average Bonchev–Trinajstić information content (AvgIpc) is 2.31. The average molecular weight is 256 g/mol. The number of hydrogen-bond donors (Lipinski definition) is 1. The van der Waals surface area contributed by atoms with E-state index in [1.54, 1.807) is 17.0 Å². The van der Waals surface area contributed by atoms with Gasteiger partial charge in [0.25, 0.3) is 5.91 Å². The number of nitrogens with two attached hydrogens (primary N) is 1. The minimum Gasteiger partial charge on any atom is -0.384 e. The van der Waals surface area contributed by atoms with Crippen molar-refractivity contribution in [1.82, 2.24) is 9.88 Å². The standard InChI is InChI=1S/C11H14ClN3O2/c1-7-6-15(4-5-17-7)11(16)10-8(12)2-3-9(13)14-10/h2-3,7H,4-6H2,1H3,(H2,13,14). The molecule has 17 heavy (non-hydrogen) atoms. The molecule has 1 unspecified atom stereocenters. The van der Waals surface area contributed by atoms with Crippen LogP contribution in [0.15, 0.2) is 12.1 Å². The molecule has 1 saturated heterocycles. The highest BCUT2D eigenvalue weighted by atomic mass is 35.5. The summed E-state index contributed by atoms with van der Waals surface area (Å²) in [7, 11) is 0. The van der Waals surface area contributed by atoms with Crippen molar-refractivity contribution in [3.05, 3.63) is 22.8 Å². The predicted molar refractivity (Wildman–Crippen MR) is 65.0 cm³/mol. The van der Waals surface area contributed by atoms with E-state index in [9.17, 15) is 4.79 Å². The lowest BCUT2D eigenvalue weighted by molar-refractivity contribution is -0.0126. The summed E-state index contributed by atoms with van der Waals surface area (Å²) in [6.07, 6.45) is 0.0348. The SMILES string of the molecule is CC1CN(C(=O)c2nc(N)ccc2Cl)CCO1. The highest BCUT2D eigenvalue weighted by Crippen LogP contribution is 2.18. The molecule has 92 valence electrons. The van der Waals surface area contributed by atoms with Crippen LogP contribution in [-0.2, 0) is 4.74 Å². The Kier molecular flexibility index (Phi) is 3.49. The summed E-state index contributed by atoms with van der Waals surface area (Å²) in [6.45, 7) is 3.56. The molecule has 0 saturated carbocycles. The van der Waals surface area contributed by atoms with E-state index in [0.717, 1.165) is 0 Å².